The van der Waals surface area contributed by atoms with Crippen LogP contribution in [0.1, 0.15) is 28.8 Å². The van der Waals surface area contributed by atoms with E-state index in [9.17, 15) is 14.4 Å². The molecule has 1 saturated carbocycles. The second-order valence-electron chi connectivity index (χ2n) is 5.53. The maximum atomic E-state index is 11.8. The van der Waals surface area contributed by atoms with E-state index in [0.29, 0.717) is 5.56 Å². The number of benzene rings is 1. The monoisotopic (exact) mass is 304 g/mol. The molecule has 22 heavy (non-hydrogen) atoms. The van der Waals surface area contributed by atoms with Crippen molar-refractivity contribution < 1.29 is 19.1 Å². The highest BCUT2D eigenvalue weighted by Crippen LogP contribution is 2.18. The molecule has 0 radical (unpaired) electrons. The number of hydrogen-bond donors (Lipinski definition) is 1. The van der Waals surface area contributed by atoms with E-state index >= 15 is 0 Å². The van der Waals surface area contributed by atoms with Gasteiger partial charge in [0.25, 0.3) is 5.91 Å². The predicted molar refractivity (Wildman–Crippen MR) is 80.3 cm³/mol. The summed E-state index contributed by atoms with van der Waals surface area (Å²) in [7, 11) is 1.51. The number of carbonyl (C=O) groups is 3. The van der Waals surface area contributed by atoms with Gasteiger partial charge < -0.3 is 15.0 Å². The van der Waals surface area contributed by atoms with Gasteiger partial charge in [0.05, 0.1) is 12.1 Å². The Bertz CT molecular complexity index is 564. The third-order valence-electron chi connectivity index (χ3n) is 3.36. The van der Waals surface area contributed by atoms with Crippen LogP contribution in [-0.2, 0) is 14.3 Å². The second kappa shape index (κ2) is 7.06. The summed E-state index contributed by atoms with van der Waals surface area (Å²) in [5, 5.41) is 2.80. The molecule has 2 rings (SSSR count). The zero-order valence-corrected chi connectivity index (χ0v) is 12.8. The lowest BCUT2D eigenvalue weighted by Crippen LogP contribution is -2.40. The highest BCUT2D eigenvalue weighted by molar-refractivity contribution is 5.92. The van der Waals surface area contributed by atoms with Crippen molar-refractivity contribution in [3.63, 3.8) is 0 Å². The zero-order chi connectivity index (χ0) is 16.1. The van der Waals surface area contributed by atoms with Crippen LogP contribution in [0.3, 0.4) is 0 Å². The van der Waals surface area contributed by atoms with E-state index in [2.05, 4.69) is 5.32 Å². The van der Waals surface area contributed by atoms with Gasteiger partial charge in [0, 0.05) is 13.1 Å². The molecule has 0 bridgehead atoms. The van der Waals surface area contributed by atoms with Crippen LogP contribution in [0.5, 0.6) is 0 Å². The van der Waals surface area contributed by atoms with Gasteiger partial charge in [-0.25, -0.2) is 4.79 Å². The first-order chi connectivity index (χ1) is 10.5. The van der Waals surface area contributed by atoms with Gasteiger partial charge in [0.15, 0.2) is 6.61 Å². The molecule has 1 N–H and O–H groups in total. The van der Waals surface area contributed by atoms with Crippen LogP contribution >= 0.6 is 0 Å². The molecular formula is C16H20N2O4. The van der Waals surface area contributed by atoms with Crippen LogP contribution in [0.15, 0.2) is 24.3 Å². The number of ether oxygens (including phenoxy) is 1. The van der Waals surface area contributed by atoms with Crippen LogP contribution in [0.2, 0.25) is 0 Å². The van der Waals surface area contributed by atoms with Crippen molar-refractivity contribution in [2.75, 3.05) is 20.2 Å². The molecule has 6 nitrogen and oxygen atoms in total. The number of carbonyl (C=O) groups excluding carboxylic acids is 3. The maximum Gasteiger partial charge on any atom is 0.338 e. The van der Waals surface area contributed by atoms with E-state index in [0.717, 1.165) is 18.4 Å². The van der Waals surface area contributed by atoms with E-state index in [1.54, 1.807) is 24.3 Å². The van der Waals surface area contributed by atoms with Gasteiger partial charge >= 0.3 is 5.97 Å². The molecule has 0 spiro atoms. The van der Waals surface area contributed by atoms with E-state index in [4.69, 9.17) is 4.74 Å². The molecule has 0 saturated heterocycles. The normalized spacial score (nSPS) is 13.4. The summed E-state index contributed by atoms with van der Waals surface area (Å²) in [6.07, 6.45) is 2.00. The van der Waals surface area contributed by atoms with Crippen molar-refractivity contribution in [2.24, 2.45) is 0 Å². The van der Waals surface area contributed by atoms with Gasteiger partial charge in [-0.2, -0.15) is 0 Å². The van der Waals surface area contributed by atoms with Gasteiger partial charge in [-0.3, -0.25) is 9.59 Å². The number of rotatable bonds is 6. The van der Waals surface area contributed by atoms with Gasteiger partial charge in [0.2, 0.25) is 5.91 Å². The highest BCUT2D eigenvalue weighted by atomic mass is 16.5. The standard InChI is InChI=1S/C16H20N2O4/c1-11-3-5-12(6-4-11)16(21)22-10-15(20)18(2)9-14(19)17-13-7-8-13/h3-6,13H,7-10H2,1-2H3,(H,17,19). The van der Waals surface area contributed by atoms with E-state index in [1.807, 2.05) is 6.92 Å². The van der Waals surface area contributed by atoms with E-state index < -0.39 is 11.9 Å². The third-order valence-corrected chi connectivity index (χ3v) is 3.36. The van der Waals surface area contributed by atoms with Crippen molar-refractivity contribution >= 4 is 17.8 Å². The lowest BCUT2D eigenvalue weighted by atomic mass is 10.1. The Morgan fingerprint density at radius 1 is 1.23 bits per heavy atom. The van der Waals surface area contributed by atoms with Crippen LogP contribution in [0.4, 0.5) is 0 Å². The fraction of sp³-hybridized carbons (Fsp3) is 0.438. The Labute approximate surface area is 129 Å². The molecule has 118 valence electrons. The Kier molecular flexibility index (Phi) is 5.14. The Morgan fingerprint density at radius 3 is 2.45 bits per heavy atom. The number of nitrogens with zero attached hydrogens (tertiary/aromatic N) is 1. The fourth-order valence-corrected chi connectivity index (χ4v) is 1.82. The first-order valence-electron chi connectivity index (χ1n) is 7.23. The number of nitrogens with one attached hydrogen (secondary N) is 1. The fourth-order valence-electron chi connectivity index (χ4n) is 1.82. The Balaban J connectivity index is 1.74. The summed E-state index contributed by atoms with van der Waals surface area (Å²) < 4.78 is 4.96. The molecular weight excluding hydrogens is 284 g/mol. The lowest BCUT2D eigenvalue weighted by Gasteiger charge is -2.16. The number of amides is 2. The summed E-state index contributed by atoms with van der Waals surface area (Å²) in [5.74, 6) is -1.15. The molecule has 1 aromatic carbocycles. The molecule has 1 aliphatic rings. The molecule has 1 aliphatic carbocycles. The van der Waals surface area contributed by atoms with Crippen molar-refractivity contribution in [2.45, 2.75) is 25.8 Å². The van der Waals surface area contributed by atoms with Crippen molar-refractivity contribution in [1.82, 2.24) is 10.2 Å². The molecule has 0 aromatic heterocycles. The summed E-state index contributed by atoms with van der Waals surface area (Å²) in [5.41, 5.74) is 1.43. The predicted octanol–water partition coefficient (Wildman–Crippen LogP) is 0.889. The second-order valence-corrected chi connectivity index (χ2v) is 5.53. The minimum Gasteiger partial charge on any atom is -0.452 e. The average molecular weight is 304 g/mol. The molecule has 0 aliphatic heterocycles. The van der Waals surface area contributed by atoms with Crippen LogP contribution in [-0.4, -0.2) is 48.9 Å². The van der Waals surface area contributed by atoms with Gasteiger partial charge in [-0.15, -0.1) is 0 Å². The number of likely N-dealkylation sites (N-methyl/N-ethyl adjacent to an activating group) is 1. The number of aryl methyl sites for hydroxylation is 1. The first-order valence-corrected chi connectivity index (χ1v) is 7.23. The van der Waals surface area contributed by atoms with Crippen molar-refractivity contribution in [1.29, 1.82) is 0 Å². The summed E-state index contributed by atoms with van der Waals surface area (Å²) in [4.78, 5) is 36.5. The summed E-state index contributed by atoms with van der Waals surface area (Å²) >= 11 is 0. The summed E-state index contributed by atoms with van der Waals surface area (Å²) in [6.45, 7) is 1.51. The SMILES string of the molecule is Cc1ccc(C(=O)OCC(=O)N(C)CC(=O)NC2CC2)cc1. The van der Waals surface area contributed by atoms with E-state index in [1.165, 1.54) is 11.9 Å². The molecule has 1 fully saturated rings. The first kappa shape index (κ1) is 16.0. The molecule has 1 aromatic rings. The number of esters is 1. The van der Waals surface area contributed by atoms with Crippen molar-refractivity contribution in [3.8, 4) is 0 Å². The third kappa shape index (κ3) is 4.87. The van der Waals surface area contributed by atoms with Crippen molar-refractivity contribution in [3.05, 3.63) is 35.4 Å². The zero-order valence-electron chi connectivity index (χ0n) is 12.8. The summed E-state index contributed by atoms with van der Waals surface area (Å²) in [6, 6.07) is 7.15. The minimum absolute atomic E-state index is 0.0303. The van der Waals surface area contributed by atoms with Crippen LogP contribution in [0.25, 0.3) is 0 Å². The molecule has 0 heterocycles. The Morgan fingerprint density at radius 2 is 1.86 bits per heavy atom. The molecule has 0 unspecified atom stereocenters. The Hall–Kier alpha value is -2.37. The topological polar surface area (TPSA) is 75.7 Å². The van der Waals surface area contributed by atoms with Gasteiger partial charge in [-0.1, -0.05) is 17.7 Å². The van der Waals surface area contributed by atoms with Gasteiger partial charge in [0.1, 0.15) is 0 Å². The largest absolute Gasteiger partial charge is 0.452 e. The molecule has 0 atom stereocenters. The van der Waals surface area contributed by atoms with E-state index in [-0.39, 0.29) is 25.1 Å². The average Bonchev–Trinajstić information content (AvgIpc) is 3.28. The molecule has 6 heteroatoms. The maximum absolute atomic E-state index is 11.8. The smallest absolute Gasteiger partial charge is 0.338 e. The quantitative estimate of drug-likeness (QED) is 0.792. The van der Waals surface area contributed by atoms with Crippen LogP contribution in [0, 0.1) is 6.92 Å². The highest BCUT2D eigenvalue weighted by Gasteiger charge is 2.24. The van der Waals surface area contributed by atoms with Gasteiger partial charge in [-0.05, 0) is 31.9 Å². The lowest BCUT2D eigenvalue weighted by molar-refractivity contribution is -0.137. The van der Waals surface area contributed by atoms with Crippen LogP contribution < -0.4 is 5.32 Å². The number of hydrogen-bond acceptors (Lipinski definition) is 4. The molecule has 2 amide bonds. The minimum atomic E-state index is -0.552.